The van der Waals surface area contributed by atoms with E-state index in [1.54, 1.807) is 24.5 Å². The van der Waals surface area contributed by atoms with E-state index < -0.39 is 0 Å². The van der Waals surface area contributed by atoms with Gasteiger partial charge in [0.05, 0.1) is 18.7 Å². The van der Waals surface area contributed by atoms with Crippen LogP contribution in [0.3, 0.4) is 0 Å². The molecule has 3 rings (SSSR count). The molecule has 0 saturated carbocycles. The molecule has 9 nitrogen and oxygen atoms in total. The smallest absolute Gasteiger partial charge is 0.255 e. The van der Waals surface area contributed by atoms with Crippen LogP contribution in [-0.4, -0.2) is 57.4 Å². The van der Waals surface area contributed by atoms with Gasteiger partial charge in [-0.15, -0.1) is 0 Å². The topological polar surface area (TPSA) is 116 Å². The fourth-order valence-corrected chi connectivity index (χ4v) is 2.97. The minimum absolute atomic E-state index is 0.0294. The zero-order valence-electron chi connectivity index (χ0n) is 15.4. The third-order valence-electron chi connectivity index (χ3n) is 4.31. The number of phenolic OH excluding ortho intramolecular Hbond substituents is 1. The number of fused-ring (bicyclic) bond motifs is 1. The Labute approximate surface area is 157 Å². The maximum atomic E-state index is 12.1. The molecule has 144 valence electrons. The van der Waals surface area contributed by atoms with Crippen LogP contribution in [0.2, 0.25) is 0 Å². The summed E-state index contributed by atoms with van der Waals surface area (Å²) in [6, 6.07) is 6.70. The zero-order chi connectivity index (χ0) is 19.1. The summed E-state index contributed by atoms with van der Waals surface area (Å²) in [5.74, 6) is 1.38. The van der Waals surface area contributed by atoms with Crippen molar-refractivity contribution in [3.05, 3.63) is 42.0 Å². The van der Waals surface area contributed by atoms with Crippen LogP contribution in [0.5, 0.6) is 5.75 Å². The van der Waals surface area contributed by atoms with E-state index >= 15 is 0 Å². The van der Waals surface area contributed by atoms with E-state index in [1.807, 2.05) is 11.6 Å². The number of nitrogens with one attached hydrogen (secondary N) is 3. The summed E-state index contributed by atoms with van der Waals surface area (Å²) < 4.78 is 1.91. The number of para-hydroxylation sites is 1. The molecule has 1 aliphatic heterocycles. The molecule has 1 aliphatic rings. The summed E-state index contributed by atoms with van der Waals surface area (Å²) >= 11 is 0. The van der Waals surface area contributed by atoms with Crippen molar-refractivity contribution in [2.45, 2.75) is 32.4 Å². The van der Waals surface area contributed by atoms with Crippen LogP contribution in [0.1, 0.15) is 29.5 Å². The van der Waals surface area contributed by atoms with Gasteiger partial charge in [0.2, 0.25) is 0 Å². The molecule has 0 saturated heterocycles. The van der Waals surface area contributed by atoms with Gasteiger partial charge in [0.25, 0.3) is 5.91 Å². The van der Waals surface area contributed by atoms with Crippen molar-refractivity contribution in [1.29, 1.82) is 0 Å². The molecule has 0 spiro atoms. The summed E-state index contributed by atoms with van der Waals surface area (Å²) in [5, 5.41) is 23.3. The van der Waals surface area contributed by atoms with Crippen molar-refractivity contribution < 1.29 is 9.90 Å². The first-order valence-corrected chi connectivity index (χ1v) is 9.15. The van der Waals surface area contributed by atoms with Crippen LogP contribution >= 0.6 is 0 Å². The number of phenols is 1. The van der Waals surface area contributed by atoms with Gasteiger partial charge in [0, 0.05) is 25.6 Å². The number of carbonyl (C=O) groups is 1. The van der Waals surface area contributed by atoms with Gasteiger partial charge >= 0.3 is 0 Å². The summed E-state index contributed by atoms with van der Waals surface area (Å²) in [5.41, 5.74) is 0.261. The number of benzene rings is 1. The van der Waals surface area contributed by atoms with Crippen LogP contribution < -0.4 is 16.0 Å². The van der Waals surface area contributed by atoms with Gasteiger partial charge < -0.3 is 21.1 Å². The number of carbonyl (C=O) groups excluding carboxylic acids is 1. The average Bonchev–Trinajstić information content (AvgIpc) is 3.13. The Morgan fingerprint density at radius 1 is 1.37 bits per heavy atom. The van der Waals surface area contributed by atoms with E-state index in [4.69, 9.17) is 0 Å². The van der Waals surface area contributed by atoms with Crippen LogP contribution in [0, 0.1) is 0 Å². The van der Waals surface area contributed by atoms with E-state index in [2.05, 4.69) is 31.0 Å². The highest BCUT2D eigenvalue weighted by Gasteiger charge is 2.20. The van der Waals surface area contributed by atoms with Crippen molar-refractivity contribution in [2.75, 3.05) is 19.6 Å². The predicted octanol–water partition coefficient (Wildman–Crippen LogP) is 0.284. The van der Waals surface area contributed by atoms with Crippen molar-refractivity contribution in [3.63, 3.8) is 0 Å². The van der Waals surface area contributed by atoms with Crippen LogP contribution in [-0.2, 0) is 13.0 Å². The molecule has 2 aromatic rings. The third-order valence-corrected chi connectivity index (χ3v) is 4.31. The molecule has 0 radical (unpaired) electrons. The highest BCUT2D eigenvalue weighted by atomic mass is 16.3. The molecule has 1 amide bonds. The number of nitrogens with zero attached hydrogens (tertiary/aromatic N) is 4. The quantitative estimate of drug-likeness (QED) is 0.329. The number of aryl methyl sites for hydroxylation is 1. The Balaban J connectivity index is 1.49. The SMILES string of the molecule is CCNC(=NCCNC(=O)c1ccccc1O)NC1CCc2ncnn2C1. The first-order chi connectivity index (χ1) is 13.2. The molecule has 1 aromatic carbocycles. The summed E-state index contributed by atoms with van der Waals surface area (Å²) in [6.07, 6.45) is 3.44. The molecular weight excluding hydrogens is 346 g/mol. The number of amides is 1. The van der Waals surface area contributed by atoms with Crippen molar-refractivity contribution in [2.24, 2.45) is 4.99 Å². The zero-order valence-corrected chi connectivity index (χ0v) is 15.4. The van der Waals surface area contributed by atoms with Gasteiger partial charge in [-0.05, 0) is 25.5 Å². The molecule has 2 heterocycles. The molecule has 0 fully saturated rings. The van der Waals surface area contributed by atoms with Crippen molar-refractivity contribution in [3.8, 4) is 5.75 Å². The summed E-state index contributed by atoms with van der Waals surface area (Å²) in [7, 11) is 0. The lowest BCUT2D eigenvalue weighted by Crippen LogP contribution is -2.47. The van der Waals surface area contributed by atoms with Gasteiger partial charge in [0.1, 0.15) is 17.9 Å². The number of aromatic nitrogens is 3. The number of rotatable bonds is 6. The number of aromatic hydroxyl groups is 1. The fourth-order valence-electron chi connectivity index (χ4n) is 2.97. The highest BCUT2D eigenvalue weighted by molar-refractivity contribution is 5.96. The molecule has 0 aliphatic carbocycles. The number of aliphatic imine (C=N–C) groups is 1. The van der Waals surface area contributed by atoms with E-state index in [-0.39, 0.29) is 23.3 Å². The summed E-state index contributed by atoms with van der Waals surface area (Å²) in [6.45, 7) is 4.31. The normalized spacial score (nSPS) is 16.5. The molecule has 0 bridgehead atoms. The maximum absolute atomic E-state index is 12.1. The molecule has 1 aromatic heterocycles. The second-order valence-electron chi connectivity index (χ2n) is 6.27. The third kappa shape index (κ3) is 4.96. The van der Waals surface area contributed by atoms with Crippen LogP contribution in [0.4, 0.5) is 0 Å². The number of hydrogen-bond donors (Lipinski definition) is 4. The van der Waals surface area contributed by atoms with Crippen LogP contribution in [0.25, 0.3) is 0 Å². The average molecular weight is 371 g/mol. The molecular formula is C18H25N7O2. The number of hydrogen-bond acceptors (Lipinski definition) is 5. The van der Waals surface area contributed by atoms with E-state index in [0.717, 1.165) is 31.8 Å². The lowest BCUT2D eigenvalue weighted by molar-refractivity contribution is 0.0952. The second-order valence-corrected chi connectivity index (χ2v) is 6.27. The first-order valence-electron chi connectivity index (χ1n) is 9.15. The van der Waals surface area contributed by atoms with Gasteiger partial charge in [-0.1, -0.05) is 12.1 Å². The minimum atomic E-state index is -0.313. The van der Waals surface area contributed by atoms with Gasteiger partial charge in [-0.3, -0.25) is 9.79 Å². The molecule has 1 atom stereocenters. The second kappa shape index (κ2) is 9.02. The Kier molecular flexibility index (Phi) is 6.24. The van der Waals surface area contributed by atoms with E-state index in [1.165, 1.54) is 6.07 Å². The molecule has 4 N–H and O–H groups in total. The molecule has 27 heavy (non-hydrogen) atoms. The highest BCUT2D eigenvalue weighted by Crippen LogP contribution is 2.14. The van der Waals surface area contributed by atoms with E-state index in [9.17, 15) is 9.90 Å². The first kappa shape index (κ1) is 18.7. The number of guanidine groups is 1. The Morgan fingerprint density at radius 3 is 3.04 bits per heavy atom. The Hall–Kier alpha value is -3.10. The fraction of sp³-hybridized carbons (Fsp3) is 0.444. The Bertz CT molecular complexity index is 803. The van der Waals surface area contributed by atoms with Crippen molar-refractivity contribution >= 4 is 11.9 Å². The molecule has 9 heteroatoms. The minimum Gasteiger partial charge on any atom is -0.507 e. The van der Waals surface area contributed by atoms with Gasteiger partial charge in [0.15, 0.2) is 5.96 Å². The monoisotopic (exact) mass is 371 g/mol. The largest absolute Gasteiger partial charge is 0.507 e. The van der Waals surface area contributed by atoms with Crippen LogP contribution in [0.15, 0.2) is 35.6 Å². The molecule has 1 unspecified atom stereocenters. The Morgan fingerprint density at radius 2 is 2.22 bits per heavy atom. The predicted molar refractivity (Wildman–Crippen MR) is 102 cm³/mol. The lowest BCUT2D eigenvalue weighted by Gasteiger charge is -2.25. The standard InChI is InChI=1S/C18H25N7O2/c1-2-19-18(24-13-7-8-16-22-12-23-25(16)11-13)21-10-9-20-17(27)14-5-3-4-6-15(14)26/h3-6,12-13,26H,2,7-11H2,1H3,(H,20,27)(H2,19,21,24). The lowest BCUT2D eigenvalue weighted by atomic mass is 10.1. The maximum Gasteiger partial charge on any atom is 0.255 e. The van der Waals surface area contributed by atoms with Gasteiger partial charge in [-0.2, -0.15) is 5.10 Å². The summed E-state index contributed by atoms with van der Waals surface area (Å²) in [4.78, 5) is 20.8. The van der Waals surface area contributed by atoms with Gasteiger partial charge in [-0.25, -0.2) is 9.67 Å². The van der Waals surface area contributed by atoms with E-state index in [0.29, 0.717) is 19.0 Å². The van der Waals surface area contributed by atoms with Crippen molar-refractivity contribution in [1.82, 2.24) is 30.7 Å².